The van der Waals surface area contributed by atoms with Crippen LogP contribution in [0.4, 0.5) is 5.69 Å². The Morgan fingerprint density at radius 3 is 2.45 bits per heavy atom. The fourth-order valence-electron chi connectivity index (χ4n) is 5.36. The Hall–Kier alpha value is -4.26. The number of carbonyl (C=O) groups is 2. The Bertz CT molecular complexity index is 1450. The summed E-state index contributed by atoms with van der Waals surface area (Å²) in [5, 5.41) is 11.6. The number of aliphatic hydroxyl groups excluding tert-OH is 1. The minimum absolute atomic E-state index is 0.0219. The quantitative estimate of drug-likeness (QED) is 0.260. The third-order valence-corrected chi connectivity index (χ3v) is 6.90. The van der Waals surface area contributed by atoms with Crippen LogP contribution in [0.25, 0.3) is 5.76 Å². The molecule has 38 heavy (non-hydrogen) atoms. The number of ketones is 1. The average molecular weight is 514 g/mol. The lowest BCUT2D eigenvalue weighted by Crippen LogP contribution is -2.29. The monoisotopic (exact) mass is 513 g/mol. The SMILES string of the molecule is CCOc1cc(C2/C(=C(\O)c3ccc4c(c3)CC(C)O4)C(=O)C(=O)N2c2cc(C)cc(C)c2)ccc1OC. The number of nitrogens with zero attached hydrogens (tertiary/aromatic N) is 1. The normalized spacial score (nSPS) is 19.9. The van der Waals surface area contributed by atoms with Gasteiger partial charge >= 0.3 is 0 Å². The highest BCUT2D eigenvalue weighted by molar-refractivity contribution is 6.51. The van der Waals surface area contributed by atoms with Crippen LogP contribution in [0.2, 0.25) is 0 Å². The van der Waals surface area contributed by atoms with Gasteiger partial charge in [0.15, 0.2) is 11.5 Å². The molecule has 0 spiro atoms. The molecule has 196 valence electrons. The molecule has 0 aromatic heterocycles. The van der Waals surface area contributed by atoms with E-state index < -0.39 is 17.7 Å². The van der Waals surface area contributed by atoms with E-state index >= 15 is 0 Å². The van der Waals surface area contributed by atoms with E-state index in [0.717, 1.165) is 22.4 Å². The number of aliphatic hydroxyl groups is 1. The van der Waals surface area contributed by atoms with Gasteiger partial charge in [-0.1, -0.05) is 12.1 Å². The number of anilines is 1. The van der Waals surface area contributed by atoms with E-state index in [4.69, 9.17) is 14.2 Å². The first kappa shape index (κ1) is 25.4. The number of Topliss-reactive ketones (excluding diaryl/α,β-unsaturated/α-hetero) is 1. The minimum Gasteiger partial charge on any atom is -0.507 e. The Balaban J connectivity index is 1.72. The van der Waals surface area contributed by atoms with Crippen molar-refractivity contribution >= 4 is 23.1 Å². The van der Waals surface area contributed by atoms with Crippen molar-refractivity contribution in [3.63, 3.8) is 0 Å². The molecule has 0 radical (unpaired) electrons. The summed E-state index contributed by atoms with van der Waals surface area (Å²) in [7, 11) is 1.55. The number of rotatable bonds is 6. The summed E-state index contributed by atoms with van der Waals surface area (Å²) in [6, 6.07) is 15.5. The van der Waals surface area contributed by atoms with Gasteiger partial charge in [-0.15, -0.1) is 0 Å². The summed E-state index contributed by atoms with van der Waals surface area (Å²) in [6.45, 7) is 8.14. The zero-order chi connectivity index (χ0) is 27.1. The zero-order valence-electron chi connectivity index (χ0n) is 22.2. The average Bonchev–Trinajstić information content (AvgIpc) is 3.38. The van der Waals surface area contributed by atoms with E-state index in [0.29, 0.717) is 41.3 Å². The second kappa shape index (κ2) is 9.89. The van der Waals surface area contributed by atoms with Crippen LogP contribution in [0.3, 0.4) is 0 Å². The maximum atomic E-state index is 13.6. The van der Waals surface area contributed by atoms with Crippen LogP contribution < -0.4 is 19.1 Å². The van der Waals surface area contributed by atoms with Gasteiger partial charge < -0.3 is 19.3 Å². The first-order chi connectivity index (χ1) is 18.2. The molecule has 7 heteroatoms. The van der Waals surface area contributed by atoms with Crippen molar-refractivity contribution in [3.05, 3.63) is 88.0 Å². The second-order valence-corrected chi connectivity index (χ2v) is 9.81. The summed E-state index contributed by atoms with van der Waals surface area (Å²) in [5.41, 5.74) is 4.55. The molecule has 7 nitrogen and oxygen atoms in total. The van der Waals surface area contributed by atoms with Crippen LogP contribution in [-0.2, 0) is 16.0 Å². The first-order valence-electron chi connectivity index (χ1n) is 12.7. The lowest BCUT2D eigenvalue weighted by Gasteiger charge is -2.27. The molecule has 0 bridgehead atoms. The van der Waals surface area contributed by atoms with Crippen LogP contribution in [-0.4, -0.2) is 36.6 Å². The molecule has 2 aliphatic rings. The van der Waals surface area contributed by atoms with Crippen molar-refractivity contribution in [2.75, 3.05) is 18.6 Å². The smallest absolute Gasteiger partial charge is 0.300 e. The molecule has 2 aliphatic heterocycles. The minimum atomic E-state index is -0.871. The molecule has 3 aromatic rings. The van der Waals surface area contributed by atoms with E-state index in [9.17, 15) is 14.7 Å². The molecule has 2 unspecified atom stereocenters. The van der Waals surface area contributed by atoms with Gasteiger partial charge in [0.05, 0.1) is 25.3 Å². The van der Waals surface area contributed by atoms with Gasteiger partial charge in [0.25, 0.3) is 11.7 Å². The molecule has 1 saturated heterocycles. The predicted octanol–water partition coefficient (Wildman–Crippen LogP) is 5.66. The fourth-order valence-corrected chi connectivity index (χ4v) is 5.36. The first-order valence-corrected chi connectivity index (χ1v) is 12.7. The summed E-state index contributed by atoms with van der Waals surface area (Å²) in [4.78, 5) is 28.6. The molecule has 1 fully saturated rings. The number of hydrogen-bond donors (Lipinski definition) is 1. The number of hydrogen-bond acceptors (Lipinski definition) is 6. The summed E-state index contributed by atoms with van der Waals surface area (Å²) >= 11 is 0. The van der Waals surface area contributed by atoms with E-state index in [1.165, 1.54) is 4.90 Å². The molecular weight excluding hydrogens is 482 g/mol. The Morgan fingerprint density at radius 2 is 1.76 bits per heavy atom. The van der Waals surface area contributed by atoms with Crippen LogP contribution in [0.5, 0.6) is 17.2 Å². The third-order valence-electron chi connectivity index (χ3n) is 6.90. The maximum absolute atomic E-state index is 13.6. The van der Waals surface area contributed by atoms with Crippen molar-refractivity contribution in [2.24, 2.45) is 0 Å². The Kier molecular flexibility index (Phi) is 6.61. The second-order valence-electron chi connectivity index (χ2n) is 9.81. The largest absolute Gasteiger partial charge is 0.507 e. The summed E-state index contributed by atoms with van der Waals surface area (Å²) in [6.07, 6.45) is 0.737. The van der Waals surface area contributed by atoms with E-state index in [-0.39, 0.29) is 17.4 Å². The molecule has 0 saturated carbocycles. The van der Waals surface area contributed by atoms with Gasteiger partial charge in [-0.2, -0.15) is 0 Å². The van der Waals surface area contributed by atoms with Crippen molar-refractivity contribution in [2.45, 2.75) is 46.3 Å². The molecule has 2 heterocycles. The third kappa shape index (κ3) is 4.38. The van der Waals surface area contributed by atoms with Crippen LogP contribution >= 0.6 is 0 Å². The molecule has 1 N–H and O–H groups in total. The summed E-state index contributed by atoms with van der Waals surface area (Å²) < 4.78 is 17.0. The number of ether oxygens (including phenoxy) is 3. The standard InChI is InChI=1S/C31H31NO6/c1-6-37-26-16-20(7-10-25(26)36-5)28-27(29(33)21-8-9-24-22(15-21)14-19(4)38-24)30(34)31(35)32(28)23-12-17(2)11-18(3)13-23/h7-13,15-16,19,28,33H,6,14H2,1-5H3/b29-27+. The van der Waals surface area contributed by atoms with Crippen LogP contribution in [0.15, 0.2) is 60.2 Å². The topological polar surface area (TPSA) is 85.3 Å². The van der Waals surface area contributed by atoms with E-state index in [1.54, 1.807) is 37.4 Å². The molecule has 1 amide bonds. The van der Waals surface area contributed by atoms with Gasteiger partial charge in [0.1, 0.15) is 17.6 Å². The van der Waals surface area contributed by atoms with Crippen LogP contribution in [0, 0.1) is 13.8 Å². The van der Waals surface area contributed by atoms with Gasteiger partial charge in [-0.05, 0) is 92.4 Å². The number of fused-ring (bicyclic) bond motifs is 1. The Morgan fingerprint density at radius 1 is 1.03 bits per heavy atom. The number of aryl methyl sites for hydroxylation is 2. The fraction of sp³-hybridized carbons (Fsp3) is 0.290. The number of methoxy groups -OCH3 is 1. The number of benzene rings is 3. The van der Waals surface area contributed by atoms with Crippen molar-refractivity contribution < 1.29 is 28.9 Å². The molecule has 2 atom stereocenters. The Labute approximate surface area is 222 Å². The van der Waals surface area contributed by atoms with Gasteiger partial charge in [0, 0.05) is 17.7 Å². The molecule has 5 rings (SSSR count). The van der Waals surface area contributed by atoms with E-state index in [1.807, 2.05) is 52.0 Å². The highest BCUT2D eigenvalue weighted by atomic mass is 16.5. The van der Waals surface area contributed by atoms with Crippen LogP contribution in [0.1, 0.15) is 47.7 Å². The molecule has 3 aromatic carbocycles. The predicted molar refractivity (Wildman–Crippen MR) is 145 cm³/mol. The van der Waals surface area contributed by atoms with Gasteiger partial charge in [-0.25, -0.2) is 0 Å². The zero-order valence-corrected chi connectivity index (χ0v) is 22.2. The van der Waals surface area contributed by atoms with Crippen molar-refractivity contribution in [3.8, 4) is 17.2 Å². The van der Waals surface area contributed by atoms with Gasteiger partial charge in [0.2, 0.25) is 0 Å². The maximum Gasteiger partial charge on any atom is 0.300 e. The van der Waals surface area contributed by atoms with Crippen molar-refractivity contribution in [1.29, 1.82) is 0 Å². The highest BCUT2D eigenvalue weighted by Crippen LogP contribution is 2.45. The summed E-state index contributed by atoms with van der Waals surface area (Å²) in [5.74, 6) is 0.113. The number of amides is 1. The lowest BCUT2D eigenvalue weighted by molar-refractivity contribution is -0.132. The molecule has 0 aliphatic carbocycles. The highest BCUT2D eigenvalue weighted by Gasteiger charge is 2.47. The lowest BCUT2D eigenvalue weighted by atomic mass is 9.94. The molecular formula is C31H31NO6. The van der Waals surface area contributed by atoms with E-state index in [2.05, 4.69) is 0 Å². The van der Waals surface area contributed by atoms with Crippen molar-refractivity contribution in [1.82, 2.24) is 0 Å². The number of carbonyl (C=O) groups excluding carboxylic acids is 2. The van der Waals surface area contributed by atoms with Gasteiger partial charge in [-0.3, -0.25) is 14.5 Å².